The normalized spacial score (nSPS) is 10.9. The molecule has 0 aliphatic rings. The summed E-state index contributed by atoms with van der Waals surface area (Å²) in [6.07, 6.45) is 2.75. The van der Waals surface area contributed by atoms with Crippen molar-refractivity contribution in [3.8, 4) is 0 Å². The lowest BCUT2D eigenvalue weighted by atomic mass is 10.1. The van der Waals surface area contributed by atoms with Gasteiger partial charge in [-0.1, -0.05) is 43.7 Å². The van der Waals surface area contributed by atoms with Gasteiger partial charge in [-0.05, 0) is 25.0 Å². The molecule has 4 heteroatoms. The Kier molecular flexibility index (Phi) is 6.36. The fourth-order valence-corrected chi connectivity index (χ4v) is 1.40. The topological polar surface area (TPSA) is 55.4 Å². The number of rotatable bonds is 5. The average molecular weight is 261 g/mol. The Balaban J connectivity index is 2.49. The number of hydrogen-bond donors (Lipinski definition) is 1. The van der Waals surface area contributed by atoms with E-state index in [0.717, 1.165) is 18.4 Å². The minimum atomic E-state index is -0.695. The summed E-state index contributed by atoms with van der Waals surface area (Å²) in [5, 5.41) is 2.19. The number of benzene rings is 1. The maximum atomic E-state index is 11.7. The Bertz CT molecular complexity index is 452. The van der Waals surface area contributed by atoms with Gasteiger partial charge in [0.1, 0.15) is 0 Å². The minimum Gasteiger partial charge on any atom is -0.449 e. The summed E-state index contributed by atoms with van der Waals surface area (Å²) in [6.45, 7) is 3.98. The number of carbonyl (C=O) groups excluding carboxylic acids is 2. The van der Waals surface area contributed by atoms with Crippen LogP contribution < -0.4 is 5.32 Å². The highest BCUT2D eigenvalue weighted by atomic mass is 16.5. The summed E-state index contributed by atoms with van der Waals surface area (Å²) in [5.41, 5.74) is 1.37. The molecule has 2 amide bonds. The van der Waals surface area contributed by atoms with E-state index >= 15 is 0 Å². The molecule has 0 unspecified atom stereocenters. The van der Waals surface area contributed by atoms with E-state index in [1.165, 1.54) is 0 Å². The Hall–Kier alpha value is -2.10. The molecule has 0 heterocycles. The van der Waals surface area contributed by atoms with Gasteiger partial charge in [0.15, 0.2) is 0 Å². The van der Waals surface area contributed by atoms with Gasteiger partial charge < -0.3 is 4.74 Å². The van der Waals surface area contributed by atoms with Crippen molar-refractivity contribution >= 4 is 18.1 Å². The molecular weight excluding hydrogens is 242 g/mol. The van der Waals surface area contributed by atoms with Crippen LogP contribution in [0.3, 0.4) is 0 Å². The monoisotopic (exact) mass is 261 g/mol. The van der Waals surface area contributed by atoms with Crippen molar-refractivity contribution < 1.29 is 14.3 Å². The number of alkyl carbamates (subject to hydrolysis) is 1. The molecule has 1 N–H and O–H groups in total. The van der Waals surface area contributed by atoms with E-state index in [9.17, 15) is 9.59 Å². The summed E-state index contributed by atoms with van der Waals surface area (Å²) >= 11 is 0. The second kappa shape index (κ2) is 8.08. The molecule has 0 aromatic heterocycles. The fraction of sp³-hybridized carbons (Fsp3) is 0.333. The second-order valence-electron chi connectivity index (χ2n) is 4.18. The molecule has 0 aliphatic carbocycles. The quantitative estimate of drug-likeness (QED) is 0.654. The Morgan fingerprint density at radius 1 is 1.26 bits per heavy atom. The largest absolute Gasteiger partial charge is 0.449 e. The molecular formula is C15H19NO3. The summed E-state index contributed by atoms with van der Waals surface area (Å²) < 4.78 is 4.86. The predicted octanol–water partition coefficient (Wildman–Crippen LogP) is 3.14. The van der Waals surface area contributed by atoms with E-state index in [2.05, 4.69) is 5.32 Å². The molecule has 4 nitrogen and oxygen atoms in total. The molecule has 0 fully saturated rings. The van der Waals surface area contributed by atoms with Crippen molar-refractivity contribution in [2.45, 2.75) is 26.7 Å². The van der Waals surface area contributed by atoms with Gasteiger partial charge in [-0.25, -0.2) is 4.79 Å². The van der Waals surface area contributed by atoms with Crippen LogP contribution in [0, 0.1) is 0 Å². The first-order chi connectivity index (χ1) is 9.13. The molecule has 0 spiro atoms. The van der Waals surface area contributed by atoms with E-state index in [1.807, 2.05) is 37.3 Å². The first kappa shape index (κ1) is 15.0. The molecule has 102 valence electrons. The zero-order chi connectivity index (χ0) is 14.1. The van der Waals surface area contributed by atoms with Crippen LogP contribution in [0.25, 0.3) is 6.08 Å². The molecule has 1 rings (SSSR count). The van der Waals surface area contributed by atoms with E-state index in [4.69, 9.17) is 4.74 Å². The molecule has 0 bridgehead atoms. The molecule has 0 saturated heterocycles. The lowest BCUT2D eigenvalue weighted by Crippen LogP contribution is -2.31. The van der Waals surface area contributed by atoms with Gasteiger partial charge in [0, 0.05) is 5.57 Å². The van der Waals surface area contributed by atoms with Gasteiger partial charge in [-0.3, -0.25) is 10.1 Å². The van der Waals surface area contributed by atoms with Crippen LogP contribution in [-0.2, 0) is 9.53 Å². The van der Waals surface area contributed by atoms with E-state index in [1.54, 1.807) is 13.0 Å². The number of amides is 2. The van der Waals surface area contributed by atoms with Crippen molar-refractivity contribution in [2.24, 2.45) is 0 Å². The van der Waals surface area contributed by atoms with Crippen LogP contribution in [0.15, 0.2) is 35.9 Å². The van der Waals surface area contributed by atoms with Crippen LogP contribution in [-0.4, -0.2) is 18.6 Å². The zero-order valence-corrected chi connectivity index (χ0v) is 11.3. The van der Waals surface area contributed by atoms with Gasteiger partial charge in [0.05, 0.1) is 6.61 Å². The summed E-state index contributed by atoms with van der Waals surface area (Å²) in [6, 6.07) is 9.44. The van der Waals surface area contributed by atoms with Crippen molar-refractivity contribution in [3.05, 3.63) is 41.5 Å². The van der Waals surface area contributed by atoms with Crippen LogP contribution in [0.2, 0.25) is 0 Å². The molecule has 0 aliphatic heterocycles. The van der Waals surface area contributed by atoms with Gasteiger partial charge in [-0.2, -0.15) is 0 Å². The number of carbonyl (C=O) groups is 2. The Morgan fingerprint density at radius 2 is 1.95 bits per heavy atom. The first-order valence-electron chi connectivity index (χ1n) is 6.35. The van der Waals surface area contributed by atoms with Crippen LogP contribution >= 0.6 is 0 Å². The van der Waals surface area contributed by atoms with Crippen molar-refractivity contribution in [1.82, 2.24) is 5.32 Å². The maximum absolute atomic E-state index is 11.7. The molecule has 0 saturated carbocycles. The Labute approximate surface area is 113 Å². The number of unbranched alkanes of at least 4 members (excludes halogenated alkanes) is 1. The minimum absolute atomic E-state index is 0.330. The maximum Gasteiger partial charge on any atom is 0.414 e. The fourth-order valence-electron chi connectivity index (χ4n) is 1.40. The van der Waals surface area contributed by atoms with Crippen molar-refractivity contribution in [3.63, 3.8) is 0 Å². The van der Waals surface area contributed by atoms with E-state index < -0.39 is 12.0 Å². The van der Waals surface area contributed by atoms with Crippen LogP contribution in [0.4, 0.5) is 4.79 Å². The number of hydrogen-bond acceptors (Lipinski definition) is 3. The molecule has 19 heavy (non-hydrogen) atoms. The van der Waals surface area contributed by atoms with E-state index in [0.29, 0.717) is 12.2 Å². The summed E-state index contributed by atoms with van der Waals surface area (Å²) in [4.78, 5) is 23.0. The molecule has 0 atom stereocenters. The SMILES string of the molecule is CCCCOC(=O)NC(=O)C(C)=Cc1ccccc1. The molecule has 1 aromatic carbocycles. The van der Waals surface area contributed by atoms with E-state index in [-0.39, 0.29) is 0 Å². The van der Waals surface area contributed by atoms with Crippen LogP contribution in [0.1, 0.15) is 32.3 Å². The van der Waals surface area contributed by atoms with Gasteiger partial charge in [0.2, 0.25) is 0 Å². The third-order valence-corrected chi connectivity index (χ3v) is 2.49. The third-order valence-electron chi connectivity index (χ3n) is 2.49. The number of nitrogens with one attached hydrogen (secondary N) is 1. The highest BCUT2D eigenvalue weighted by molar-refractivity contribution is 6.04. The van der Waals surface area contributed by atoms with Crippen molar-refractivity contribution in [1.29, 1.82) is 0 Å². The smallest absolute Gasteiger partial charge is 0.414 e. The second-order valence-corrected chi connectivity index (χ2v) is 4.18. The number of ether oxygens (including phenoxy) is 1. The van der Waals surface area contributed by atoms with Crippen LogP contribution in [0.5, 0.6) is 0 Å². The highest BCUT2D eigenvalue weighted by Gasteiger charge is 2.10. The molecule has 0 radical (unpaired) electrons. The lowest BCUT2D eigenvalue weighted by Gasteiger charge is -2.05. The number of imide groups is 1. The van der Waals surface area contributed by atoms with Crippen molar-refractivity contribution in [2.75, 3.05) is 6.61 Å². The summed E-state index contributed by atoms with van der Waals surface area (Å²) in [5.74, 6) is -0.439. The average Bonchev–Trinajstić information content (AvgIpc) is 2.40. The molecule has 1 aromatic rings. The Morgan fingerprint density at radius 3 is 2.58 bits per heavy atom. The highest BCUT2D eigenvalue weighted by Crippen LogP contribution is 2.06. The van der Waals surface area contributed by atoms with Gasteiger partial charge in [0.25, 0.3) is 5.91 Å². The van der Waals surface area contributed by atoms with Gasteiger partial charge >= 0.3 is 6.09 Å². The standard InChI is InChI=1S/C15H19NO3/c1-3-4-10-19-15(18)16-14(17)12(2)11-13-8-6-5-7-9-13/h5-9,11H,3-4,10H2,1-2H3,(H,16,17,18). The zero-order valence-electron chi connectivity index (χ0n) is 11.3. The lowest BCUT2D eigenvalue weighted by molar-refractivity contribution is -0.116. The third kappa shape index (κ3) is 5.86. The summed E-state index contributed by atoms with van der Waals surface area (Å²) in [7, 11) is 0. The van der Waals surface area contributed by atoms with Gasteiger partial charge in [-0.15, -0.1) is 0 Å². The first-order valence-corrected chi connectivity index (χ1v) is 6.35. The predicted molar refractivity (Wildman–Crippen MR) is 74.5 cm³/mol.